The smallest absolute Gasteiger partial charge is 0.266 e. The first kappa shape index (κ1) is 20.6. The molecule has 0 N–H and O–H groups in total. The molecule has 0 bridgehead atoms. The summed E-state index contributed by atoms with van der Waals surface area (Å²) in [5.74, 6) is -0.618. The molecule has 2 fully saturated rings. The van der Waals surface area contributed by atoms with Crippen molar-refractivity contribution in [1.29, 1.82) is 0 Å². The van der Waals surface area contributed by atoms with Gasteiger partial charge in [-0.05, 0) is 49.1 Å². The van der Waals surface area contributed by atoms with Crippen LogP contribution in [0.25, 0.3) is 0 Å². The zero-order chi connectivity index (χ0) is 21.3. The second kappa shape index (κ2) is 8.60. The van der Waals surface area contributed by atoms with Crippen molar-refractivity contribution in [3.63, 3.8) is 0 Å². The molecular formula is C25H30N2O3. The summed E-state index contributed by atoms with van der Waals surface area (Å²) in [4.78, 5) is 34.5. The lowest BCUT2D eigenvalue weighted by Gasteiger charge is -2.33. The van der Waals surface area contributed by atoms with Gasteiger partial charge in [0.15, 0.2) is 6.10 Å². The first-order valence-corrected chi connectivity index (χ1v) is 11.0. The molecule has 2 aliphatic rings. The molecule has 5 heteroatoms. The molecule has 30 heavy (non-hydrogen) atoms. The molecule has 0 spiro atoms. The molecule has 4 rings (SSSR count). The van der Waals surface area contributed by atoms with Crippen LogP contribution in [0.2, 0.25) is 0 Å². The summed E-state index contributed by atoms with van der Waals surface area (Å²) < 4.78 is 0. The van der Waals surface area contributed by atoms with Crippen LogP contribution in [-0.2, 0) is 14.4 Å². The largest absolute Gasteiger partial charge is 0.273 e. The van der Waals surface area contributed by atoms with Gasteiger partial charge in [0.05, 0.1) is 23.3 Å². The second-order valence-electron chi connectivity index (χ2n) is 8.37. The number of imide groups is 1. The lowest BCUT2D eigenvalue weighted by Crippen LogP contribution is -2.44. The first-order valence-electron chi connectivity index (χ1n) is 11.0. The average Bonchev–Trinajstić information content (AvgIpc) is 3.26. The summed E-state index contributed by atoms with van der Waals surface area (Å²) in [6, 6.07) is 17.2. The van der Waals surface area contributed by atoms with Crippen molar-refractivity contribution in [1.82, 2.24) is 0 Å². The number of benzene rings is 2. The van der Waals surface area contributed by atoms with Crippen LogP contribution in [0.15, 0.2) is 54.6 Å². The highest BCUT2D eigenvalue weighted by molar-refractivity contribution is 6.23. The number of nitrogens with zero attached hydrogens (tertiary/aromatic N) is 2. The minimum Gasteiger partial charge on any atom is -0.273 e. The highest BCUT2D eigenvalue weighted by Crippen LogP contribution is 2.44. The lowest BCUT2D eigenvalue weighted by atomic mass is 9.82. The van der Waals surface area contributed by atoms with E-state index in [4.69, 9.17) is 4.84 Å². The van der Waals surface area contributed by atoms with E-state index in [0.29, 0.717) is 5.69 Å². The standard InChI is InChI=1S/C25H30N2O3/c1-4-6-12-18(5-2)22-21-23(30-27(22)19-13-8-7-9-14-19)25(29)26(24(21)28)20-15-10-11-17(3)16-20/h7-11,13-16,18,21-23H,4-6,12H2,1-3H3/t18-,21-,22-,23+/m1/s1. The van der Waals surface area contributed by atoms with E-state index in [-0.39, 0.29) is 23.8 Å². The van der Waals surface area contributed by atoms with Crippen LogP contribution in [0, 0.1) is 18.8 Å². The van der Waals surface area contributed by atoms with E-state index in [2.05, 4.69) is 13.8 Å². The van der Waals surface area contributed by atoms with Crippen molar-refractivity contribution < 1.29 is 14.4 Å². The van der Waals surface area contributed by atoms with Crippen LogP contribution < -0.4 is 9.96 Å². The number of amides is 2. The monoisotopic (exact) mass is 406 g/mol. The molecule has 2 heterocycles. The third-order valence-electron chi connectivity index (χ3n) is 6.37. The quantitative estimate of drug-likeness (QED) is 0.614. The fourth-order valence-electron chi connectivity index (χ4n) is 4.84. The highest BCUT2D eigenvalue weighted by atomic mass is 16.7. The highest BCUT2D eigenvalue weighted by Gasteiger charge is 2.61. The van der Waals surface area contributed by atoms with Gasteiger partial charge in [0.25, 0.3) is 5.91 Å². The number of para-hydroxylation sites is 1. The van der Waals surface area contributed by atoms with Gasteiger partial charge < -0.3 is 0 Å². The molecule has 2 aromatic rings. The van der Waals surface area contributed by atoms with Gasteiger partial charge in [-0.15, -0.1) is 0 Å². The second-order valence-corrected chi connectivity index (χ2v) is 8.37. The first-order chi connectivity index (χ1) is 14.6. The molecule has 4 atom stereocenters. The summed E-state index contributed by atoms with van der Waals surface area (Å²) in [5.41, 5.74) is 2.55. The Labute approximate surface area is 178 Å². The SMILES string of the molecule is CCCC[C@@H](CC)[C@@H]1[C@H]2C(=O)N(c3cccc(C)c3)C(=O)[C@H]2ON1c1ccccc1. The number of aryl methyl sites for hydroxylation is 1. The van der Waals surface area contributed by atoms with Gasteiger partial charge in [0.2, 0.25) is 5.91 Å². The molecule has 0 aromatic heterocycles. The molecule has 2 aromatic carbocycles. The van der Waals surface area contributed by atoms with E-state index < -0.39 is 12.0 Å². The number of hydrogen-bond acceptors (Lipinski definition) is 4. The van der Waals surface area contributed by atoms with Crippen molar-refractivity contribution >= 4 is 23.2 Å². The molecule has 2 aliphatic heterocycles. The average molecular weight is 407 g/mol. The fraction of sp³-hybridized carbons (Fsp3) is 0.440. The summed E-state index contributed by atoms with van der Waals surface area (Å²) >= 11 is 0. The molecule has 0 radical (unpaired) electrons. The zero-order valence-electron chi connectivity index (χ0n) is 18.0. The molecule has 158 valence electrons. The van der Waals surface area contributed by atoms with Crippen molar-refractivity contribution in [3.8, 4) is 0 Å². The number of unbranched alkanes of at least 4 members (excludes halogenated alkanes) is 1. The zero-order valence-corrected chi connectivity index (χ0v) is 18.0. The van der Waals surface area contributed by atoms with E-state index in [1.807, 2.05) is 66.6 Å². The minimum absolute atomic E-state index is 0.144. The van der Waals surface area contributed by atoms with E-state index in [0.717, 1.165) is 36.9 Å². The summed E-state index contributed by atoms with van der Waals surface area (Å²) in [6.45, 7) is 6.30. The lowest BCUT2D eigenvalue weighted by molar-refractivity contribution is -0.126. The van der Waals surface area contributed by atoms with E-state index in [9.17, 15) is 9.59 Å². The third kappa shape index (κ3) is 3.52. The van der Waals surface area contributed by atoms with Gasteiger partial charge in [0.1, 0.15) is 0 Å². The molecule has 2 saturated heterocycles. The summed E-state index contributed by atoms with van der Waals surface area (Å²) in [6.07, 6.45) is 3.38. The van der Waals surface area contributed by atoms with Crippen LogP contribution >= 0.6 is 0 Å². The number of rotatable bonds is 7. The fourth-order valence-corrected chi connectivity index (χ4v) is 4.84. The Bertz CT molecular complexity index is 914. The molecule has 5 nitrogen and oxygen atoms in total. The Balaban J connectivity index is 1.72. The number of anilines is 2. The molecule has 0 aliphatic carbocycles. The van der Waals surface area contributed by atoms with Gasteiger partial charge >= 0.3 is 0 Å². The van der Waals surface area contributed by atoms with Crippen molar-refractivity contribution in [2.24, 2.45) is 11.8 Å². The van der Waals surface area contributed by atoms with Gasteiger partial charge in [-0.25, -0.2) is 9.96 Å². The molecule has 0 saturated carbocycles. The maximum absolute atomic E-state index is 13.6. The van der Waals surface area contributed by atoms with Crippen LogP contribution in [0.4, 0.5) is 11.4 Å². The Morgan fingerprint density at radius 3 is 2.37 bits per heavy atom. The number of carbonyl (C=O) groups is 2. The van der Waals surface area contributed by atoms with Crippen LogP contribution in [0.5, 0.6) is 0 Å². The predicted octanol–water partition coefficient (Wildman–Crippen LogP) is 4.89. The van der Waals surface area contributed by atoms with Gasteiger partial charge in [0, 0.05) is 0 Å². The van der Waals surface area contributed by atoms with Crippen molar-refractivity contribution in [2.75, 3.05) is 9.96 Å². The maximum Gasteiger partial charge on any atom is 0.266 e. The summed E-state index contributed by atoms with van der Waals surface area (Å²) in [7, 11) is 0. The third-order valence-corrected chi connectivity index (χ3v) is 6.37. The topological polar surface area (TPSA) is 49.9 Å². The Morgan fingerprint density at radius 2 is 1.70 bits per heavy atom. The Kier molecular flexibility index (Phi) is 5.91. The molecular weight excluding hydrogens is 376 g/mol. The number of carbonyl (C=O) groups excluding carboxylic acids is 2. The van der Waals surface area contributed by atoms with Crippen molar-refractivity contribution in [3.05, 3.63) is 60.2 Å². The molecule has 0 unspecified atom stereocenters. The normalized spacial score (nSPS) is 24.4. The number of fused-ring (bicyclic) bond motifs is 1. The Morgan fingerprint density at radius 1 is 0.967 bits per heavy atom. The Hall–Kier alpha value is -2.66. The number of hydrogen-bond donors (Lipinski definition) is 0. The molecule has 2 amide bonds. The maximum atomic E-state index is 13.6. The van der Waals surface area contributed by atoms with Gasteiger partial charge in [-0.2, -0.15) is 0 Å². The van der Waals surface area contributed by atoms with E-state index in [1.54, 1.807) is 0 Å². The van der Waals surface area contributed by atoms with Crippen LogP contribution in [0.1, 0.15) is 45.1 Å². The van der Waals surface area contributed by atoms with E-state index in [1.165, 1.54) is 4.90 Å². The van der Waals surface area contributed by atoms with Crippen LogP contribution in [-0.4, -0.2) is 24.0 Å². The predicted molar refractivity (Wildman–Crippen MR) is 118 cm³/mol. The summed E-state index contributed by atoms with van der Waals surface area (Å²) in [5, 5.41) is 1.85. The van der Waals surface area contributed by atoms with Crippen molar-refractivity contribution in [2.45, 2.75) is 58.6 Å². The number of hydroxylamine groups is 1. The minimum atomic E-state index is -0.765. The van der Waals surface area contributed by atoms with E-state index >= 15 is 0 Å². The van der Waals surface area contributed by atoms with Gasteiger partial charge in [-0.3, -0.25) is 14.4 Å². The van der Waals surface area contributed by atoms with Crippen LogP contribution in [0.3, 0.4) is 0 Å². The van der Waals surface area contributed by atoms with Gasteiger partial charge in [-0.1, -0.05) is 63.4 Å².